The number of aliphatic hydroxyl groups is 2. The smallest absolute Gasteiger partial charge is 0.335 e. The Morgan fingerprint density at radius 3 is 1.02 bits per heavy atom. The van der Waals surface area contributed by atoms with Gasteiger partial charge in [-0.15, -0.1) is 0 Å². The molecule has 0 fully saturated rings. The summed E-state index contributed by atoms with van der Waals surface area (Å²) in [4.78, 5) is 61.2. The number of aliphatic hydroxyl groups excluding tert-OH is 2. The first-order valence-electron chi connectivity index (χ1n) is 11.8. The number of hydrogen-bond donors (Lipinski definition) is 8. The van der Waals surface area contributed by atoms with Crippen LogP contribution in [0.4, 0.5) is 0 Å². The molecule has 0 saturated carbocycles. The highest BCUT2D eigenvalue weighted by atomic mass is 16.4. The molecule has 14 heteroatoms. The van der Waals surface area contributed by atoms with Gasteiger partial charge >= 0.3 is 35.8 Å². The lowest BCUT2D eigenvalue weighted by molar-refractivity contribution is -0.139. The lowest BCUT2D eigenvalue weighted by Gasteiger charge is -2.16. The highest BCUT2D eigenvalue weighted by molar-refractivity contribution is 5.93. The van der Waals surface area contributed by atoms with Gasteiger partial charge in [0.1, 0.15) is 0 Å². The van der Waals surface area contributed by atoms with Crippen LogP contribution in [0.3, 0.4) is 0 Å². The van der Waals surface area contributed by atoms with Gasteiger partial charge in [-0.3, -0.25) is 9.59 Å². The van der Waals surface area contributed by atoms with Gasteiger partial charge in [-0.25, -0.2) is 19.2 Å². The van der Waals surface area contributed by atoms with Crippen LogP contribution >= 0.6 is 0 Å². The van der Waals surface area contributed by atoms with Gasteiger partial charge in [-0.2, -0.15) is 0 Å². The van der Waals surface area contributed by atoms with Crippen molar-refractivity contribution in [1.29, 1.82) is 0 Å². The SMILES string of the molecule is CC(C)(CO)CO.O=C(O)CCCCC(=O)O.O=C(O)c1ccc(C(=O)O)cc1.O=C(O)c1cccc(C(=O)O)c1. The summed E-state index contributed by atoms with van der Waals surface area (Å²) >= 11 is 0. The zero-order valence-corrected chi connectivity index (χ0v) is 22.4. The van der Waals surface area contributed by atoms with Crippen molar-refractivity contribution in [3.8, 4) is 0 Å². The van der Waals surface area contributed by atoms with E-state index in [0.29, 0.717) is 12.8 Å². The zero-order valence-electron chi connectivity index (χ0n) is 22.4. The van der Waals surface area contributed by atoms with Crippen LogP contribution in [0, 0.1) is 5.41 Å². The van der Waals surface area contributed by atoms with Gasteiger partial charge in [0.05, 0.1) is 35.5 Å². The van der Waals surface area contributed by atoms with Crippen LogP contribution in [-0.2, 0) is 9.59 Å². The van der Waals surface area contributed by atoms with Crippen LogP contribution in [-0.4, -0.2) is 89.9 Å². The fraction of sp³-hybridized carbons (Fsp3) is 0.333. The Labute approximate surface area is 234 Å². The molecule has 0 saturated heterocycles. The van der Waals surface area contributed by atoms with E-state index in [-0.39, 0.29) is 53.7 Å². The number of unbranched alkanes of at least 4 members (excludes halogenated alkanes) is 1. The van der Waals surface area contributed by atoms with Gasteiger partial charge in [0.2, 0.25) is 0 Å². The number of carboxylic acids is 6. The molecular weight excluding hydrogens is 548 g/mol. The normalized spacial score (nSPS) is 9.76. The van der Waals surface area contributed by atoms with Crippen LogP contribution in [0.25, 0.3) is 0 Å². The van der Waals surface area contributed by atoms with E-state index in [1.54, 1.807) is 13.8 Å². The van der Waals surface area contributed by atoms with Crippen molar-refractivity contribution in [1.82, 2.24) is 0 Å². The van der Waals surface area contributed by atoms with Crippen molar-refractivity contribution in [3.05, 3.63) is 70.8 Å². The number of carbonyl (C=O) groups is 6. The molecule has 8 N–H and O–H groups in total. The van der Waals surface area contributed by atoms with E-state index < -0.39 is 35.8 Å². The molecule has 0 aliphatic carbocycles. The van der Waals surface area contributed by atoms with Crippen LogP contribution in [0.15, 0.2) is 48.5 Å². The summed E-state index contributed by atoms with van der Waals surface area (Å²) in [6, 6.07) is 10.2. The summed E-state index contributed by atoms with van der Waals surface area (Å²) in [7, 11) is 0. The van der Waals surface area contributed by atoms with Gasteiger partial charge in [-0.05, 0) is 55.3 Å². The summed E-state index contributed by atoms with van der Waals surface area (Å²) in [6.45, 7) is 3.69. The van der Waals surface area contributed by atoms with Gasteiger partial charge in [-0.1, -0.05) is 19.9 Å². The first kappa shape index (κ1) is 38.3. The minimum Gasteiger partial charge on any atom is -0.481 e. The van der Waals surface area contributed by atoms with Crippen molar-refractivity contribution in [2.45, 2.75) is 39.5 Å². The van der Waals surface area contributed by atoms with Crippen LogP contribution in [0.2, 0.25) is 0 Å². The molecule has 2 aromatic rings. The maximum atomic E-state index is 10.4. The lowest BCUT2D eigenvalue weighted by atomic mass is 9.97. The predicted molar refractivity (Wildman–Crippen MR) is 142 cm³/mol. The molecule has 0 atom stereocenters. The first-order valence-corrected chi connectivity index (χ1v) is 11.8. The third-order valence-corrected chi connectivity index (χ3v) is 4.62. The third-order valence-electron chi connectivity index (χ3n) is 4.62. The average Bonchev–Trinajstić information content (AvgIpc) is 2.92. The fourth-order valence-corrected chi connectivity index (χ4v) is 2.14. The van der Waals surface area contributed by atoms with E-state index in [1.807, 2.05) is 0 Å². The number of rotatable bonds is 11. The Balaban J connectivity index is 0. The van der Waals surface area contributed by atoms with E-state index in [0.717, 1.165) is 6.07 Å². The largest absolute Gasteiger partial charge is 0.481 e. The number of hydrogen-bond acceptors (Lipinski definition) is 8. The monoisotopic (exact) mass is 582 g/mol. The number of aromatic carboxylic acids is 4. The molecule has 226 valence electrons. The van der Waals surface area contributed by atoms with E-state index in [2.05, 4.69) is 0 Å². The Morgan fingerprint density at radius 1 is 0.537 bits per heavy atom. The molecule has 0 unspecified atom stereocenters. The lowest BCUT2D eigenvalue weighted by Crippen LogP contribution is -2.20. The molecule has 0 aliphatic rings. The Bertz CT molecular complexity index is 1070. The summed E-state index contributed by atoms with van der Waals surface area (Å²) in [5, 5.41) is 67.1. The van der Waals surface area contributed by atoms with Crippen molar-refractivity contribution in [2.24, 2.45) is 5.41 Å². The molecular formula is C27H34O14. The average molecular weight is 583 g/mol. The molecule has 2 aromatic carbocycles. The number of carboxylic acid groups (broad SMARTS) is 6. The second-order valence-electron chi connectivity index (χ2n) is 8.85. The maximum absolute atomic E-state index is 10.4. The zero-order chi connectivity index (χ0) is 32.2. The van der Waals surface area contributed by atoms with Gasteiger partial charge in [0.15, 0.2) is 0 Å². The van der Waals surface area contributed by atoms with Crippen LogP contribution in [0.1, 0.15) is 81.0 Å². The first-order chi connectivity index (χ1) is 19.0. The molecule has 0 radical (unpaired) electrons. The number of aliphatic carboxylic acids is 2. The third kappa shape index (κ3) is 19.8. The molecule has 0 aliphatic heterocycles. The van der Waals surface area contributed by atoms with Crippen LogP contribution in [0.5, 0.6) is 0 Å². The Hall–Kier alpha value is -4.82. The minimum atomic E-state index is -1.13. The van der Waals surface area contributed by atoms with Crippen molar-refractivity contribution in [3.63, 3.8) is 0 Å². The highest BCUT2D eigenvalue weighted by Gasteiger charge is 2.13. The quantitative estimate of drug-likeness (QED) is 0.177. The van der Waals surface area contributed by atoms with E-state index in [4.69, 9.17) is 40.9 Å². The second-order valence-corrected chi connectivity index (χ2v) is 8.85. The molecule has 0 spiro atoms. The summed E-state index contributed by atoms with van der Waals surface area (Å²) in [5.41, 5.74) is -0.176. The maximum Gasteiger partial charge on any atom is 0.335 e. The summed E-state index contributed by atoms with van der Waals surface area (Å²) in [5.74, 6) is -6.12. The Kier molecular flexibility index (Phi) is 18.8. The molecule has 14 nitrogen and oxygen atoms in total. The molecule has 2 rings (SSSR count). The summed E-state index contributed by atoms with van der Waals surface area (Å²) in [6.07, 6.45) is 1.02. The van der Waals surface area contributed by atoms with Crippen molar-refractivity contribution >= 4 is 35.8 Å². The second kappa shape index (κ2) is 20.1. The fourth-order valence-electron chi connectivity index (χ4n) is 2.14. The molecule has 0 amide bonds. The van der Waals surface area contributed by atoms with Crippen LogP contribution < -0.4 is 0 Å². The predicted octanol–water partition coefficient (Wildman–Crippen LogP) is 2.88. The van der Waals surface area contributed by atoms with E-state index in [1.165, 1.54) is 42.5 Å². The standard InChI is InChI=1S/2C8H6O4.C6H10O4.C5H12O2/c9-7(10)5-1-2-6(4-3-5)8(11)12;9-7(10)5-2-1-3-6(4-5)8(11)12;7-5(8)3-1-2-4-6(9)10;1-5(2,3-6)4-7/h2*1-4H,(H,9,10)(H,11,12);1-4H2,(H,7,8)(H,9,10);6-7H,3-4H2,1-2H3. The van der Waals surface area contributed by atoms with Gasteiger partial charge < -0.3 is 40.9 Å². The topological polar surface area (TPSA) is 264 Å². The molecule has 41 heavy (non-hydrogen) atoms. The minimum absolute atomic E-state index is 0.0186. The summed E-state index contributed by atoms with van der Waals surface area (Å²) < 4.78 is 0. The van der Waals surface area contributed by atoms with Gasteiger partial charge in [0, 0.05) is 18.3 Å². The molecule has 0 aromatic heterocycles. The highest BCUT2D eigenvalue weighted by Crippen LogP contribution is 2.10. The van der Waals surface area contributed by atoms with E-state index in [9.17, 15) is 28.8 Å². The van der Waals surface area contributed by atoms with Crippen molar-refractivity contribution in [2.75, 3.05) is 13.2 Å². The van der Waals surface area contributed by atoms with E-state index >= 15 is 0 Å². The molecule has 0 bridgehead atoms. The number of benzene rings is 2. The Morgan fingerprint density at radius 2 is 0.829 bits per heavy atom. The van der Waals surface area contributed by atoms with Crippen molar-refractivity contribution < 1.29 is 69.6 Å². The van der Waals surface area contributed by atoms with Gasteiger partial charge in [0.25, 0.3) is 0 Å². The molecule has 0 heterocycles.